The SMILES string of the molecule is CC(C)C(=O)NCCCCCCNc1ccc([N+](=O)[O-])cc1. The monoisotopic (exact) mass is 307 g/mol. The molecule has 0 radical (unpaired) electrons. The summed E-state index contributed by atoms with van der Waals surface area (Å²) in [4.78, 5) is 21.5. The molecule has 0 aliphatic heterocycles. The van der Waals surface area contributed by atoms with E-state index in [0.29, 0.717) is 0 Å². The number of nitrogens with zero attached hydrogens (tertiary/aromatic N) is 1. The number of nitrogens with one attached hydrogen (secondary N) is 2. The first-order valence-electron chi connectivity index (χ1n) is 7.76. The van der Waals surface area contributed by atoms with E-state index in [1.807, 2.05) is 13.8 Å². The summed E-state index contributed by atoms with van der Waals surface area (Å²) in [5, 5.41) is 16.7. The summed E-state index contributed by atoms with van der Waals surface area (Å²) in [5.74, 6) is 0.158. The minimum absolute atomic E-state index is 0.0471. The van der Waals surface area contributed by atoms with E-state index in [1.165, 1.54) is 12.1 Å². The van der Waals surface area contributed by atoms with Gasteiger partial charge in [0.1, 0.15) is 0 Å². The summed E-state index contributed by atoms with van der Waals surface area (Å²) in [6.07, 6.45) is 4.21. The normalized spacial score (nSPS) is 10.5. The molecule has 0 atom stereocenters. The molecule has 0 aliphatic carbocycles. The van der Waals surface area contributed by atoms with E-state index in [2.05, 4.69) is 10.6 Å². The van der Waals surface area contributed by atoms with Crippen LogP contribution < -0.4 is 10.6 Å². The van der Waals surface area contributed by atoms with Gasteiger partial charge < -0.3 is 10.6 Å². The predicted molar refractivity (Wildman–Crippen MR) is 87.9 cm³/mol. The molecule has 0 saturated heterocycles. The second-order valence-electron chi connectivity index (χ2n) is 5.59. The van der Waals surface area contributed by atoms with E-state index in [4.69, 9.17) is 0 Å². The average molecular weight is 307 g/mol. The number of anilines is 1. The van der Waals surface area contributed by atoms with Crippen LogP contribution in [0.15, 0.2) is 24.3 Å². The van der Waals surface area contributed by atoms with E-state index < -0.39 is 4.92 Å². The third-order valence-electron chi connectivity index (χ3n) is 3.33. The number of nitro groups is 1. The zero-order chi connectivity index (χ0) is 16.4. The van der Waals surface area contributed by atoms with Crippen molar-refractivity contribution in [3.8, 4) is 0 Å². The van der Waals surface area contributed by atoms with Crippen LogP contribution in [0.4, 0.5) is 11.4 Å². The zero-order valence-corrected chi connectivity index (χ0v) is 13.3. The Kier molecular flexibility index (Phi) is 7.96. The molecule has 22 heavy (non-hydrogen) atoms. The Morgan fingerprint density at radius 1 is 1.09 bits per heavy atom. The van der Waals surface area contributed by atoms with Crippen molar-refractivity contribution in [3.05, 3.63) is 34.4 Å². The standard InChI is InChI=1S/C16H25N3O3/c1-13(2)16(20)18-12-6-4-3-5-11-17-14-7-9-15(10-8-14)19(21)22/h7-10,13,17H,3-6,11-12H2,1-2H3,(H,18,20). The summed E-state index contributed by atoms with van der Waals surface area (Å²) in [7, 11) is 0. The molecule has 1 rings (SSSR count). The number of rotatable bonds is 10. The van der Waals surface area contributed by atoms with Crippen molar-refractivity contribution in [2.75, 3.05) is 18.4 Å². The maximum atomic E-state index is 11.3. The van der Waals surface area contributed by atoms with Crippen molar-refractivity contribution in [1.82, 2.24) is 5.32 Å². The van der Waals surface area contributed by atoms with E-state index in [1.54, 1.807) is 12.1 Å². The molecule has 1 aromatic carbocycles. The van der Waals surface area contributed by atoms with Gasteiger partial charge >= 0.3 is 0 Å². The molecule has 0 heterocycles. The second-order valence-corrected chi connectivity index (χ2v) is 5.59. The first-order chi connectivity index (χ1) is 10.5. The Morgan fingerprint density at radius 3 is 2.23 bits per heavy atom. The highest BCUT2D eigenvalue weighted by atomic mass is 16.6. The fourth-order valence-electron chi connectivity index (χ4n) is 1.95. The van der Waals surface area contributed by atoms with Gasteiger partial charge in [0.15, 0.2) is 0 Å². The second kappa shape index (κ2) is 9.76. The van der Waals surface area contributed by atoms with Gasteiger partial charge in [-0.05, 0) is 25.0 Å². The molecule has 0 aliphatic rings. The Labute approximate surface area is 131 Å². The lowest BCUT2D eigenvalue weighted by atomic mass is 10.1. The van der Waals surface area contributed by atoms with Gasteiger partial charge in [-0.15, -0.1) is 0 Å². The number of non-ortho nitro benzene ring substituents is 1. The molecule has 6 nitrogen and oxygen atoms in total. The molecule has 0 bridgehead atoms. The number of unbranched alkanes of at least 4 members (excludes halogenated alkanes) is 3. The predicted octanol–water partition coefficient (Wildman–Crippen LogP) is 3.34. The lowest BCUT2D eigenvalue weighted by Gasteiger charge is -2.08. The minimum atomic E-state index is -0.401. The fraction of sp³-hybridized carbons (Fsp3) is 0.562. The molecule has 122 valence electrons. The smallest absolute Gasteiger partial charge is 0.269 e. The molecule has 0 fully saturated rings. The van der Waals surface area contributed by atoms with E-state index >= 15 is 0 Å². The van der Waals surface area contributed by atoms with Crippen molar-refractivity contribution >= 4 is 17.3 Å². The molecule has 6 heteroatoms. The summed E-state index contributed by atoms with van der Waals surface area (Å²) >= 11 is 0. The number of hydrogen-bond donors (Lipinski definition) is 2. The quantitative estimate of drug-likeness (QED) is 0.394. The third kappa shape index (κ3) is 7.06. The third-order valence-corrected chi connectivity index (χ3v) is 3.33. The van der Waals surface area contributed by atoms with Crippen LogP contribution in [0.3, 0.4) is 0 Å². The van der Waals surface area contributed by atoms with Crippen LogP contribution in [0, 0.1) is 16.0 Å². The number of carbonyl (C=O) groups excluding carboxylic acids is 1. The Bertz CT molecular complexity index is 472. The van der Waals surface area contributed by atoms with Crippen molar-refractivity contribution in [2.24, 2.45) is 5.92 Å². The molecule has 0 aromatic heterocycles. The fourth-order valence-corrected chi connectivity index (χ4v) is 1.95. The van der Waals surface area contributed by atoms with Crippen LogP contribution in [0.5, 0.6) is 0 Å². The molecular formula is C16H25N3O3. The Hall–Kier alpha value is -2.11. The number of nitro benzene ring substituents is 1. The van der Waals surface area contributed by atoms with Gasteiger partial charge in [0, 0.05) is 36.8 Å². The van der Waals surface area contributed by atoms with Crippen molar-refractivity contribution in [2.45, 2.75) is 39.5 Å². The number of hydrogen-bond acceptors (Lipinski definition) is 4. The molecule has 0 saturated carbocycles. The summed E-state index contributed by atoms with van der Waals surface area (Å²) < 4.78 is 0. The van der Waals surface area contributed by atoms with Crippen LogP contribution in [-0.4, -0.2) is 23.9 Å². The molecule has 2 N–H and O–H groups in total. The molecule has 1 amide bonds. The van der Waals surface area contributed by atoms with Crippen LogP contribution in [0.25, 0.3) is 0 Å². The Morgan fingerprint density at radius 2 is 1.68 bits per heavy atom. The molecular weight excluding hydrogens is 282 g/mol. The first-order valence-corrected chi connectivity index (χ1v) is 7.76. The van der Waals surface area contributed by atoms with E-state index in [-0.39, 0.29) is 17.5 Å². The van der Waals surface area contributed by atoms with Gasteiger partial charge in [-0.1, -0.05) is 26.7 Å². The average Bonchev–Trinajstić information content (AvgIpc) is 2.50. The van der Waals surface area contributed by atoms with Crippen molar-refractivity contribution in [3.63, 3.8) is 0 Å². The van der Waals surface area contributed by atoms with Gasteiger partial charge in [-0.2, -0.15) is 0 Å². The van der Waals surface area contributed by atoms with Crippen molar-refractivity contribution in [1.29, 1.82) is 0 Å². The minimum Gasteiger partial charge on any atom is -0.385 e. The summed E-state index contributed by atoms with van der Waals surface area (Å²) in [5.41, 5.74) is 1.00. The maximum Gasteiger partial charge on any atom is 0.269 e. The Balaban J connectivity index is 2.04. The number of amides is 1. The van der Waals surface area contributed by atoms with Crippen LogP contribution in [0.2, 0.25) is 0 Å². The summed E-state index contributed by atoms with van der Waals surface area (Å²) in [6, 6.07) is 6.44. The van der Waals surface area contributed by atoms with E-state index in [9.17, 15) is 14.9 Å². The lowest BCUT2D eigenvalue weighted by Crippen LogP contribution is -2.28. The van der Waals surface area contributed by atoms with Gasteiger partial charge in [0.2, 0.25) is 5.91 Å². The molecule has 1 aromatic rings. The molecule has 0 spiro atoms. The van der Waals surface area contributed by atoms with Crippen LogP contribution in [0.1, 0.15) is 39.5 Å². The topological polar surface area (TPSA) is 84.3 Å². The lowest BCUT2D eigenvalue weighted by molar-refractivity contribution is -0.384. The van der Waals surface area contributed by atoms with Gasteiger partial charge in [0.05, 0.1) is 4.92 Å². The van der Waals surface area contributed by atoms with Crippen molar-refractivity contribution < 1.29 is 9.72 Å². The first kappa shape index (κ1) is 17.9. The highest BCUT2D eigenvalue weighted by molar-refractivity contribution is 5.77. The maximum absolute atomic E-state index is 11.3. The summed E-state index contributed by atoms with van der Waals surface area (Å²) in [6.45, 7) is 5.36. The van der Waals surface area contributed by atoms with Gasteiger partial charge in [0.25, 0.3) is 5.69 Å². The zero-order valence-electron chi connectivity index (χ0n) is 13.3. The largest absolute Gasteiger partial charge is 0.385 e. The van der Waals surface area contributed by atoms with Crippen LogP contribution >= 0.6 is 0 Å². The number of carbonyl (C=O) groups is 1. The van der Waals surface area contributed by atoms with Gasteiger partial charge in [-0.3, -0.25) is 14.9 Å². The number of benzene rings is 1. The molecule has 0 unspecified atom stereocenters. The van der Waals surface area contributed by atoms with E-state index in [0.717, 1.165) is 44.5 Å². The highest BCUT2D eigenvalue weighted by Crippen LogP contribution is 2.15. The highest BCUT2D eigenvalue weighted by Gasteiger charge is 2.05. The van der Waals surface area contributed by atoms with Gasteiger partial charge in [-0.25, -0.2) is 0 Å². The van der Waals surface area contributed by atoms with Crippen LogP contribution in [-0.2, 0) is 4.79 Å².